The predicted octanol–water partition coefficient (Wildman–Crippen LogP) is 2.70. The van der Waals surface area contributed by atoms with Crippen LogP contribution in [0.2, 0.25) is 0 Å². The number of imide groups is 1. The zero-order valence-corrected chi connectivity index (χ0v) is 17.3. The summed E-state index contributed by atoms with van der Waals surface area (Å²) < 4.78 is 9.85. The molecule has 1 aromatic heterocycles. The number of benzene rings is 1. The maximum atomic E-state index is 12.8. The van der Waals surface area contributed by atoms with Crippen molar-refractivity contribution in [3.63, 3.8) is 0 Å². The average molecular weight is 425 g/mol. The number of carbonyl (C=O) groups excluding carboxylic acids is 4. The van der Waals surface area contributed by atoms with Gasteiger partial charge in [0.1, 0.15) is 5.76 Å². The predicted molar refractivity (Wildman–Crippen MR) is 109 cm³/mol. The molecule has 2 aliphatic rings. The van der Waals surface area contributed by atoms with Crippen LogP contribution in [-0.4, -0.2) is 35.5 Å². The van der Waals surface area contributed by atoms with E-state index in [2.05, 4.69) is 17.4 Å². The van der Waals surface area contributed by atoms with Crippen LogP contribution >= 0.6 is 0 Å². The maximum Gasteiger partial charge on any atom is 0.338 e. The zero-order valence-electron chi connectivity index (χ0n) is 17.3. The molecule has 9 heteroatoms. The van der Waals surface area contributed by atoms with Crippen LogP contribution in [0.1, 0.15) is 42.3 Å². The molecule has 1 saturated carbocycles. The number of nitrogens with one attached hydrogen (secondary N) is 1. The Morgan fingerprint density at radius 1 is 1.16 bits per heavy atom. The highest BCUT2D eigenvalue weighted by molar-refractivity contribution is 6.22. The van der Waals surface area contributed by atoms with E-state index < -0.39 is 18.5 Å². The van der Waals surface area contributed by atoms with Gasteiger partial charge in [-0.25, -0.2) is 4.79 Å². The second kappa shape index (κ2) is 8.33. The van der Waals surface area contributed by atoms with Gasteiger partial charge in [-0.15, -0.1) is 0 Å². The molecule has 9 nitrogen and oxygen atoms in total. The van der Waals surface area contributed by atoms with E-state index in [1.165, 1.54) is 23.1 Å². The van der Waals surface area contributed by atoms with Gasteiger partial charge in [-0.05, 0) is 56.4 Å². The van der Waals surface area contributed by atoms with Gasteiger partial charge >= 0.3 is 5.97 Å². The molecule has 1 aliphatic carbocycles. The molecule has 1 aliphatic heterocycles. The van der Waals surface area contributed by atoms with Gasteiger partial charge in [-0.1, -0.05) is 12.1 Å². The van der Waals surface area contributed by atoms with Gasteiger partial charge in [-0.3, -0.25) is 19.3 Å². The minimum absolute atomic E-state index is 0.169. The number of anilines is 2. The van der Waals surface area contributed by atoms with Crippen molar-refractivity contribution in [1.82, 2.24) is 5.16 Å². The fraction of sp³-hybridized carbons (Fsp3) is 0.409. The third kappa shape index (κ3) is 4.21. The minimum atomic E-state index is -0.695. The molecule has 0 bridgehead atoms. The van der Waals surface area contributed by atoms with E-state index in [4.69, 9.17) is 9.26 Å². The summed E-state index contributed by atoms with van der Waals surface area (Å²) in [5.74, 6) is -0.889. The van der Waals surface area contributed by atoms with Crippen LogP contribution in [0.5, 0.6) is 0 Å². The normalized spacial score (nSPS) is 22.9. The number of aryl methyl sites for hydroxylation is 1. The summed E-state index contributed by atoms with van der Waals surface area (Å²) in [6, 6.07) is 7.58. The molecule has 1 aromatic carbocycles. The first-order valence-corrected chi connectivity index (χ1v) is 10.2. The number of ether oxygens (including phenoxy) is 1. The van der Waals surface area contributed by atoms with Crippen molar-refractivity contribution in [3.05, 3.63) is 41.7 Å². The fourth-order valence-electron chi connectivity index (χ4n) is 4.21. The van der Waals surface area contributed by atoms with Crippen LogP contribution in [0.25, 0.3) is 0 Å². The molecular formula is C22H23N3O6. The largest absolute Gasteiger partial charge is 0.452 e. The van der Waals surface area contributed by atoms with Crippen molar-refractivity contribution < 1.29 is 28.4 Å². The quantitative estimate of drug-likeness (QED) is 0.578. The summed E-state index contributed by atoms with van der Waals surface area (Å²) in [4.78, 5) is 50.9. The van der Waals surface area contributed by atoms with E-state index >= 15 is 0 Å². The highest BCUT2D eigenvalue weighted by atomic mass is 16.5. The number of fused-ring (bicyclic) bond motifs is 1. The van der Waals surface area contributed by atoms with Crippen molar-refractivity contribution >= 4 is 35.2 Å². The van der Waals surface area contributed by atoms with E-state index in [0.717, 1.165) is 19.3 Å². The number of hydrogen-bond acceptors (Lipinski definition) is 7. The molecule has 0 radical (unpaired) electrons. The number of hydrogen-bond donors (Lipinski definition) is 1. The molecule has 3 amide bonds. The topological polar surface area (TPSA) is 119 Å². The first-order chi connectivity index (χ1) is 14.8. The standard InChI is InChI=1S/C22H23N3O6/c1-12-3-8-16-17(9-12)21(28)25(20(16)27)15-6-4-14(5-7-15)22(29)30-11-19(26)23-18-10-13(2)31-24-18/h4-7,10,12,16-17H,3,8-9,11H2,1-2H3,(H,23,24,26)/t12-,16-,17-/m1/s1. The van der Waals surface area contributed by atoms with Gasteiger partial charge < -0.3 is 14.6 Å². The van der Waals surface area contributed by atoms with Gasteiger partial charge in [-0.2, -0.15) is 0 Å². The molecule has 2 fully saturated rings. The summed E-state index contributed by atoms with van der Waals surface area (Å²) in [5, 5.41) is 6.07. The maximum absolute atomic E-state index is 12.8. The monoisotopic (exact) mass is 425 g/mol. The number of carbonyl (C=O) groups is 4. The van der Waals surface area contributed by atoms with E-state index in [9.17, 15) is 19.2 Å². The Labute approximate surface area is 178 Å². The van der Waals surface area contributed by atoms with Crippen molar-refractivity contribution in [2.24, 2.45) is 17.8 Å². The van der Waals surface area contributed by atoms with Crippen LogP contribution in [0.15, 0.2) is 34.9 Å². The fourth-order valence-corrected chi connectivity index (χ4v) is 4.21. The highest BCUT2D eigenvalue weighted by Gasteiger charge is 2.49. The molecular weight excluding hydrogens is 402 g/mol. The Morgan fingerprint density at radius 2 is 1.87 bits per heavy atom. The van der Waals surface area contributed by atoms with Gasteiger partial charge in [0.25, 0.3) is 5.91 Å². The summed E-state index contributed by atoms with van der Waals surface area (Å²) >= 11 is 0. The van der Waals surface area contributed by atoms with Gasteiger partial charge in [0.2, 0.25) is 11.8 Å². The Kier molecular flexibility index (Phi) is 5.58. The van der Waals surface area contributed by atoms with Crippen molar-refractivity contribution in [2.45, 2.75) is 33.1 Å². The Morgan fingerprint density at radius 3 is 2.55 bits per heavy atom. The molecule has 1 saturated heterocycles. The van der Waals surface area contributed by atoms with Crippen molar-refractivity contribution in [1.29, 1.82) is 0 Å². The molecule has 0 spiro atoms. The van der Waals surface area contributed by atoms with E-state index in [1.54, 1.807) is 19.1 Å². The first kappa shape index (κ1) is 20.8. The number of rotatable bonds is 5. The highest BCUT2D eigenvalue weighted by Crippen LogP contribution is 2.42. The van der Waals surface area contributed by atoms with Crippen LogP contribution in [-0.2, 0) is 19.1 Å². The van der Waals surface area contributed by atoms with Gasteiger partial charge in [0.05, 0.1) is 23.1 Å². The average Bonchev–Trinajstić information content (AvgIpc) is 3.26. The molecule has 2 heterocycles. The number of esters is 1. The Hall–Kier alpha value is -3.49. The molecule has 2 aromatic rings. The summed E-state index contributed by atoms with van der Waals surface area (Å²) in [7, 11) is 0. The van der Waals surface area contributed by atoms with Crippen LogP contribution in [0.4, 0.5) is 11.5 Å². The smallest absolute Gasteiger partial charge is 0.338 e. The van der Waals surface area contributed by atoms with Gasteiger partial charge in [0, 0.05) is 6.07 Å². The summed E-state index contributed by atoms with van der Waals surface area (Å²) in [6.45, 7) is 3.30. The van der Waals surface area contributed by atoms with E-state index in [0.29, 0.717) is 17.4 Å². The summed E-state index contributed by atoms with van der Waals surface area (Å²) in [5.41, 5.74) is 0.645. The second-order valence-electron chi connectivity index (χ2n) is 8.14. The van der Waals surface area contributed by atoms with Crippen LogP contribution < -0.4 is 10.2 Å². The number of amides is 3. The van der Waals surface area contributed by atoms with Crippen molar-refractivity contribution in [3.8, 4) is 0 Å². The molecule has 162 valence electrons. The molecule has 31 heavy (non-hydrogen) atoms. The van der Waals surface area contributed by atoms with Crippen molar-refractivity contribution in [2.75, 3.05) is 16.8 Å². The third-order valence-corrected chi connectivity index (χ3v) is 5.78. The lowest BCUT2D eigenvalue weighted by Gasteiger charge is -2.25. The lowest BCUT2D eigenvalue weighted by atomic mass is 9.76. The molecule has 1 N–H and O–H groups in total. The van der Waals surface area contributed by atoms with E-state index in [1.807, 2.05) is 0 Å². The van der Waals surface area contributed by atoms with Gasteiger partial charge in [0.15, 0.2) is 12.4 Å². The lowest BCUT2D eigenvalue weighted by molar-refractivity contribution is -0.122. The zero-order chi connectivity index (χ0) is 22.1. The number of aromatic nitrogens is 1. The SMILES string of the molecule is Cc1cc(NC(=O)COC(=O)c2ccc(N3C(=O)[C@@H]4CC[C@@H](C)C[C@H]4C3=O)cc2)no1. The van der Waals surface area contributed by atoms with E-state index in [-0.39, 0.29) is 35.0 Å². The molecule has 3 atom stereocenters. The first-order valence-electron chi connectivity index (χ1n) is 10.2. The summed E-state index contributed by atoms with van der Waals surface area (Å²) in [6.07, 6.45) is 2.40. The minimum Gasteiger partial charge on any atom is -0.452 e. The van der Waals surface area contributed by atoms with Crippen LogP contribution in [0.3, 0.4) is 0 Å². The Balaban J connectivity index is 1.36. The van der Waals surface area contributed by atoms with Crippen LogP contribution in [0, 0.1) is 24.7 Å². The second-order valence-corrected chi connectivity index (χ2v) is 8.14. The molecule has 4 rings (SSSR count). The number of nitrogens with zero attached hydrogens (tertiary/aromatic N) is 2. The Bertz CT molecular complexity index is 1030. The molecule has 0 unspecified atom stereocenters. The third-order valence-electron chi connectivity index (χ3n) is 5.78. The lowest BCUT2D eigenvalue weighted by Crippen LogP contribution is -2.30.